The van der Waals surface area contributed by atoms with Gasteiger partial charge in [0, 0.05) is 17.0 Å². The first-order valence-corrected chi connectivity index (χ1v) is 5.98. The number of hydrogen-bond donors (Lipinski definition) is 2. The molecule has 1 heterocycles. The highest BCUT2D eigenvalue weighted by Gasteiger charge is 2.12. The van der Waals surface area contributed by atoms with E-state index in [0.717, 1.165) is 0 Å². The number of Topliss-reactive ketones (excluding diaryl/α,β-unsaturated/α-hetero) is 1. The van der Waals surface area contributed by atoms with Crippen LogP contribution in [0, 0.1) is 0 Å². The maximum Gasteiger partial charge on any atom is 0.154 e. The van der Waals surface area contributed by atoms with E-state index in [-0.39, 0.29) is 41.7 Å². The summed E-state index contributed by atoms with van der Waals surface area (Å²) in [5, 5.41) is 23.4. The van der Waals surface area contributed by atoms with Crippen molar-refractivity contribution in [1.29, 1.82) is 0 Å². The van der Waals surface area contributed by atoms with Crippen LogP contribution >= 0.6 is 11.6 Å². The van der Waals surface area contributed by atoms with Gasteiger partial charge in [0.05, 0.1) is 0 Å². The predicted octanol–water partition coefficient (Wildman–Crippen LogP) is 1.54. The average molecular weight is 282 g/mol. The number of benzene rings is 1. The lowest BCUT2D eigenvalue weighted by Crippen LogP contribution is -2.11. The molecule has 0 spiro atoms. The number of ketones is 1. The van der Waals surface area contributed by atoms with E-state index in [2.05, 4.69) is 10.1 Å². The normalized spacial score (nSPS) is 10.6. The van der Waals surface area contributed by atoms with Crippen LogP contribution in [0.3, 0.4) is 0 Å². The molecule has 6 nitrogen and oxygen atoms in total. The highest BCUT2D eigenvalue weighted by Crippen LogP contribution is 2.32. The van der Waals surface area contributed by atoms with Gasteiger partial charge >= 0.3 is 0 Å². The first-order chi connectivity index (χ1) is 9.06. The molecule has 1 aromatic carbocycles. The number of aromatic nitrogens is 3. The Hall–Kier alpha value is -2.08. The molecule has 0 saturated carbocycles. The summed E-state index contributed by atoms with van der Waals surface area (Å²) < 4.78 is 1.42. The van der Waals surface area contributed by atoms with Gasteiger partial charge < -0.3 is 10.2 Å². The van der Waals surface area contributed by atoms with E-state index in [1.165, 1.54) is 29.5 Å². The molecule has 19 heavy (non-hydrogen) atoms. The highest BCUT2D eigenvalue weighted by atomic mass is 35.5. The Labute approximate surface area is 114 Å². The predicted molar refractivity (Wildman–Crippen MR) is 68.1 cm³/mol. The lowest BCUT2D eigenvalue weighted by Gasteiger charge is -2.07. The van der Waals surface area contributed by atoms with Crippen LogP contribution in [0.15, 0.2) is 24.8 Å². The summed E-state index contributed by atoms with van der Waals surface area (Å²) >= 11 is 5.67. The van der Waals surface area contributed by atoms with Gasteiger partial charge in [-0.25, -0.2) is 9.67 Å². The Morgan fingerprint density at radius 3 is 2.58 bits per heavy atom. The minimum Gasteiger partial charge on any atom is -0.507 e. The molecule has 7 heteroatoms. The largest absolute Gasteiger partial charge is 0.507 e. The number of phenolic OH excluding ortho intramolecular Hbond substituents is 2. The Morgan fingerprint density at radius 1 is 1.32 bits per heavy atom. The van der Waals surface area contributed by atoms with Crippen molar-refractivity contribution in [2.45, 2.75) is 19.4 Å². The van der Waals surface area contributed by atoms with Crippen molar-refractivity contribution in [1.82, 2.24) is 14.8 Å². The molecule has 2 N–H and O–H groups in total. The van der Waals surface area contributed by atoms with Gasteiger partial charge in [-0.1, -0.05) is 11.6 Å². The van der Waals surface area contributed by atoms with E-state index < -0.39 is 0 Å². The fourth-order valence-electron chi connectivity index (χ4n) is 1.70. The van der Waals surface area contributed by atoms with Crippen LogP contribution in [-0.4, -0.2) is 30.8 Å². The molecule has 2 aromatic rings. The van der Waals surface area contributed by atoms with Gasteiger partial charge in [-0.2, -0.15) is 5.10 Å². The Balaban J connectivity index is 1.97. The van der Waals surface area contributed by atoms with Crippen LogP contribution < -0.4 is 0 Å². The zero-order valence-electron chi connectivity index (χ0n) is 9.95. The number of phenols is 2. The molecule has 2 rings (SSSR count). The van der Waals surface area contributed by atoms with Crippen LogP contribution in [-0.2, 0) is 17.8 Å². The van der Waals surface area contributed by atoms with E-state index in [4.69, 9.17) is 11.6 Å². The van der Waals surface area contributed by atoms with Crippen LogP contribution in [0.25, 0.3) is 0 Å². The van der Waals surface area contributed by atoms with Gasteiger partial charge in [-0.05, 0) is 18.6 Å². The van der Waals surface area contributed by atoms with Crippen molar-refractivity contribution in [2.24, 2.45) is 0 Å². The molecule has 0 amide bonds. The Kier molecular flexibility index (Phi) is 4.01. The molecule has 0 aliphatic carbocycles. The van der Waals surface area contributed by atoms with Gasteiger partial charge in [0.15, 0.2) is 5.78 Å². The van der Waals surface area contributed by atoms with Crippen molar-refractivity contribution >= 4 is 17.4 Å². The van der Waals surface area contributed by atoms with Gasteiger partial charge in [-0.15, -0.1) is 0 Å². The SMILES string of the molecule is O=C(CCc1c(O)cc(Cl)cc1O)Cn1cncn1. The summed E-state index contributed by atoms with van der Waals surface area (Å²) in [7, 11) is 0. The van der Waals surface area contributed by atoms with Gasteiger partial charge in [-0.3, -0.25) is 4.79 Å². The second kappa shape index (κ2) is 5.71. The van der Waals surface area contributed by atoms with Crippen LogP contribution in [0.5, 0.6) is 11.5 Å². The molecule has 0 fully saturated rings. The van der Waals surface area contributed by atoms with Gasteiger partial charge in [0.1, 0.15) is 30.7 Å². The number of aromatic hydroxyl groups is 2. The maximum atomic E-state index is 11.7. The molecular weight excluding hydrogens is 270 g/mol. The molecular formula is C12H12ClN3O3. The number of nitrogens with zero attached hydrogens (tertiary/aromatic N) is 3. The molecule has 0 aliphatic rings. The van der Waals surface area contributed by atoms with E-state index in [9.17, 15) is 15.0 Å². The molecule has 0 aliphatic heterocycles. The zero-order chi connectivity index (χ0) is 13.8. The van der Waals surface area contributed by atoms with Crippen LogP contribution in [0.4, 0.5) is 0 Å². The minimum absolute atomic E-state index is 0.0701. The lowest BCUT2D eigenvalue weighted by molar-refractivity contribution is -0.119. The molecule has 0 atom stereocenters. The van der Waals surface area contributed by atoms with Crippen molar-refractivity contribution in [3.05, 3.63) is 35.4 Å². The van der Waals surface area contributed by atoms with Crippen LogP contribution in [0.1, 0.15) is 12.0 Å². The first-order valence-electron chi connectivity index (χ1n) is 5.60. The summed E-state index contributed by atoms with van der Waals surface area (Å²) in [5.74, 6) is -0.295. The van der Waals surface area contributed by atoms with Crippen molar-refractivity contribution in [2.75, 3.05) is 0 Å². The Morgan fingerprint density at radius 2 is 2.00 bits per heavy atom. The van der Waals surface area contributed by atoms with E-state index in [1.54, 1.807) is 0 Å². The fraction of sp³-hybridized carbons (Fsp3) is 0.250. The standard InChI is InChI=1S/C12H12ClN3O3/c13-8-3-11(18)10(12(19)4-8)2-1-9(17)5-16-7-14-6-15-16/h3-4,6-7,18-19H,1-2,5H2. The molecule has 0 saturated heterocycles. The second-order valence-electron chi connectivity index (χ2n) is 4.05. The number of halogens is 1. The first kappa shape index (κ1) is 13.4. The Bertz CT molecular complexity index is 561. The number of rotatable bonds is 5. The maximum absolute atomic E-state index is 11.7. The van der Waals surface area contributed by atoms with Crippen molar-refractivity contribution < 1.29 is 15.0 Å². The highest BCUT2D eigenvalue weighted by molar-refractivity contribution is 6.30. The smallest absolute Gasteiger partial charge is 0.154 e. The van der Waals surface area contributed by atoms with Gasteiger partial charge in [0.2, 0.25) is 0 Å². The molecule has 100 valence electrons. The molecule has 1 aromatic heterocycles. The summed E-state index contributed by atoms with van der Waals surface area (Å²) in [6.45, 7) is 0.120. The third-order valence-corrected chi connectivity index (χ3v) is 2.84. The number of hydrogen-bond acceptors (Lipinski definition) is 5. The monoisotopic (exact) mass is 281 g/mol. The van der Waals surface area contributed by atoms with Gasteiger partial charge in [0.25, 0.3) is 0 Å². The third-order valence-electron chi connectivity index (χ3n) is 2.63. The molecule has 0 radical (unpaired) electrons. The van der Waals surface area contributed by atoms with Crippen molar-refractivity contribution in [3.63, 3.8) is 0 Å². The van der Waals surface area contributed by atoms with E-state index in [1.807, 2.05) is 0 Å². The zero-order valence-corrected chi connectivity index (χ0v) is 10.7. The summed E-state index contributed by atoms with van der Waals surface area (Å²) in [6, 6.07) is 2.66. The topological polar surface area (TPSA) is 88.2 Å². The third kappa shape index (κ3) is 3.45. The number of carbonyl (C=O) groups is 1. The quantitative estimate of drug-likeness (QED) is 0.868. The van der Waals surface area contributed by atoms with Crippen molar-refractivity contribution in [3.8, 4) is 11.5 Å². The summed E-state index contributed by atoms with van der Waals surface area (Å²) in [6.07, 6.45) is 3.23. The number of carbonyl (C=O) groups excluding carboxylic acids is 1. The molecule has 0 bridgehead atoms. The summed E-state index contributed by atoms with van der Waals surface area (Å²) in [4.78, 5) is 15.4. The minimum atomic E-state index is -0.112. The lowest BCUT2D eigenvalue weighted by atomic mass is 10.1. The second-order valence-corrected chi connectivity index (χ2v) is 4.49. The van der Waals surface area contributed by atoms with E-state index in [0.29, 0.717) is 5.56 Å². The molecule has 0 unspecified atom stereocenters. The van der Waals surface area contributed by atoms with E-state index >= 15 is 0 Å². The summed E-state index contributed by atoms with van der Waals surface area (Å²) in [5.41, 5.74) is 0.316. The average Bonchev–Trinajstić information content (AvgIpc) is 2.80. The fourth-order valence-corrected chi connectivity index (χ4v) is 1.91. The van der Waals surface area contributed by atoms with Crippen LogP contribution in [0.2, 0.25) is 5.02 Å².